The van der Waals surface area contributed by atoms with E-state index in [1.54, 1.807) is 0 Å². The van der Waals surface area contributed by atoms with E-state index in [1.165, 1.54) is 57.8 Å². The zero-order valence-corrected chi connectivity index (χ0v) is 19.3. The average molecular weight is 377 g/mol. The van der Waals surface area contributed by atoms with E-state index in [0.717, 1.165) is 29.9 Å². The predicted molar refractivity (Wildman–Crippen MR) is 121 cm³/mol. The predicted octanol–water partition coefficient (Wildman–Crippen LogP) is 8.58. The Bertz CT molecular complexity index is 528. The van der Waals surface area contributed by atoms with Gasteiger partial charge >= 0.3 is 0 Å². The standard InChI is InChI=1S/C26H46O/c1-8-9-10-11-12-13-14-15-16-17-21-27-24-22(25(2,3)4)19-18-20-23(24)26(5,6)7/h18-20H,8-17,21H2,1-7H3/i18T. The van der Waals surface area contributed by atoms with Gasteiger partial charge in [0.05, 0.1) is 7.98 Å². The molecule has 1 aromatic carbocycles. The van der Waals surface area contributed by atoms with Crippen LogP contribution < -0.4 is 4.74 Å². The highest BCUT2D eigenvalue weighted by Crippen LogP contribution is 2.39. The van der Waals surface area contributed by atoms with Gasteiger partial charge in [0, 0.05) is 0 Å². The van der Waals surface area contributed by atoms with Gasteiger partial charge in [0.15, 0.2) is 0 Å². The van der Waals surface area contributed by atoms with E-state index < -0.39 is 0 Å². The summed E-state index contributed by atoms with van der Waals surface area (Å²) in [6.07, 6.45) is 13.4. The fraction of sp³-hybridized carbons (Fsp3) is 0.769. The molecule has 27 heavy (non-hydrogen) atoms. The molecule has 0 saturated heterocycles. The van der Waals surface area contributed by atoms with E-state index in [1.807, 2.05) is 12.1 Å². The summed E-state index contributed by atoms with van der Waals surface area (Å²) in [5.41, 5.74) is 2.28. The van der Waals surface area contributed by atoms with Crippen LogP contribution in [-0.2, 0) is 10.8 Å². The van der Waals surface area contributed by atoms with Gasteiger partial charge in [-0.2, -0.15) is 0 Å². The maximum absolute atomic E-state index is 8.24. The first kappa shape index (κ1) is 22.3. The number of ether oxygens (including phenoxy) is 1. The normalized spacial score (nSPS) is 12.9. The lowest BCUT2D eigenvalue weighted by Gasteiger charge is -2.29. The van der Waals surface area contributed by atoms with Gasteiger partial charge in [0.1, 0.15) is 5.75 Å². The molecular formula is C26H46O. The summed E-state index contributed by atoms with van der Waals surface area (Å²) in [5, 5.41) is 0. The molecule has 0 atom stereocenters. The number of para-hydroxylation sites is 1. The molecule has 0 amide bonds. The Morgan fingerprint density at radius 2 is 1.11 bits per heavy atom. The molecule has 0 saturated carbocycles. The lowest BCUT2D eigenvalue weighted by Crippen LogP contribution is -2.19. The molecular weight excluding hydrogens is 328 g/mol. The molecule has 0 spiro atoms. The molecule has 1 nitrogen and oxygen atoms in total. The molecule has 156 valence electrons. The second-order valence-corrected chi connectivity index (χ2v) is 10.1. The molecule has 1 aromatic rings. The van der Waals surface area contributed by atoms with Crippen LogP contribution in [0.5, 0.6) is 5.75 Å². The van der Waals surface area contributed by atoms with Crippen LogP contribution in [0.1, 0.15) is 125 Å². The van der Waals surface area contributed by atoms with Crippen molar-refractivity contribution in [1.29, 1.82) is 0 Å². The van der Waals surface area contributed by atoms with E-state index in [-0.39, 0.29) is 10.8 Å². The molecule has 0 aliphatic heterocycles. The van der Waals surface area contributed by atoms with Crippen molar-refractivity contribution in [2.75, 3.05) is 6.61 Å². The highest BCUT2D eigenvalue weighted by Gasteiger charge is 2.26. The summed E-state index contributed by atoms with van der Waals surface area (Å²) in [4.78, 5) is 0. The first-order valence-corrected chi connectivity index (χ1v) is 11.4. The third-order valence-corrected chi connectivity index (χ3v) is 5.30. The first-order valence-electron chi connectivity index (χ1n) is 11.9. The van der Waals surface area contributed by atoms with Crippen LogP contribution in [0.25, 0.3) is 0 Å². The van der Waals surface area contributed by atoms with E-state index in [9.17, 15) is 0 Å². The molecule has 1 heteroatoms. The summed E-state index contributed by atoms with van der Waals surface area (Å²) in [6.45, 7) is 16.3. The van der Waals surface area contributed by atoms with Crippen molar-refractivity contribution in [2.24, 2.45) is 0 Å². The van der Waals surface area contributed by atoms with Crippen LogP contribution in [0.15, 0.2) is 18.2 Å². The van der Waals surface area contributed by atoms with Crippen molar-refractivity contribution in [2.45, 2.75) is 124 Å². The minimum Gasteiger partial charge on any atom is -0.493 e. The topological polar surface area (TPSA) is 9.23 Å². The fourth-order valence-corrected chi connectivity index (χ4v) is 3.52. The second kappa shape index (κ2) is 11.8. The van der Waals surface area contributed by atoms with E-state index >= 15 is 0 Å². The summed E-state index contributed by atoms with van der Waals surface area (Å²) >= 11 is 0. The lowest BCUT2D eigenvalue weighted by molar-refractivity contribution is 0.288. The van der Waals surface area contributed by atoms with Gasteiger partial charge in [-0.05, 0) is 28.4 Å². The number of rotatable bonds is 12. The van der Waals surface area contributed by atoms with Crippen LogP contribution >= 0.6 is 0 Å². The quantitative estimate of drug-likeness (QED) is 0.332. The largest absolute Gasteiger partial charge is 0.493 e. The van der Waals surface area contributed by atoms with Gasteiger partial charge in [0.2, 0.25) is 0 Å². The molecule has 0 heterocycles. The fourth-order valence-electron chi connectivity index (χ4n) is 3.52. The van der Waals surface area contributed by atoms with E-state index in [4.69, 9.17) is 6.11 Å². The highest BCUT2D eigenvalue weighted by atomic mass is 16.5. The maximum atomic E-state index is 8.24. The molecule has 1 rings (SSSR count). The number of hydrogen-bond acceptors (Lipinski definition) is 1. The summed E-state index contributed by atoms with van der Waals surface area (Å²) in [7, 11) is 0. The lowest BCUT2D eigenvalue weighted by atomic mass is 9.79. The highest BCUT2D eigenvalue weighted by molar-refractivity contribution is 5.48. The van der Waals surface area contributed by atoms with Crippen molar-refractivity contribution in [3.8, 4) is 5.75 Å². The second-order valence-electron chi connectivity index (χ2n) is 10.1. The van der Waals surface area contributed by atoms with Gasteiger partial charge in [0.25, 0.3) is 0 Å². The molecule has 0 aliphatic rings. The minimum atomic E-state index is -0.0236. The molecule has 0 unspecified atom stereocenters. The van der Waals surface area contributed by atoms with Crippen molar-refractivity contribution in [3.05, 3.63) is 29.3 Å². The van der Waals surface area contributed by atoms with Gasteiger partial charge < -0.3 is 4.74 Å². The maximum Gasteiger partial charge on any atom is 0.126 e. The van der Waals surface area contributed by atoms with Gasteiger partial charge in [-0.1, -0.05) is 124 Å². The third-order valence-electron chi connectivity index (χ3n) is 5.30. The molecule has 0 aromatic heterocycles. The smallest absolute Gasteiger partial charge is 0.126 e. The van der Waals surface area contributed by atoms with E-state index in [0.29, 0.717) is 6.04 Å². The van der Waals surface area contributed by atoms with E-state index in [2.05, 4.69) is 48.5 Å². The number of benzene rings is 1. The zero-order valence-electron chi connectivity index (χ0n) is 20.3. The Morgan fingerprint density at radius 1 is 0.704 bits per heavy atom. The monoisotopic (exact) mass is 376 g/mol. The minimum absolute atomic E-state index is 0.0236. The van der Waals surface area contributed by atoms with Crippen LogP contribution in [0.2, 0.25) is 0 Å². The van der Waals surface area contributed by atoms with Crippen molar-refractivity contribution < 1.29 is 6.11 Å². The van der Waals surface area contributed by atoms with Gasteiger partial charge in [-0.15, -0.1) is 0 Å². The molecule has 0 aliphatic carbocycles. The van der Waals surface area contributed by atoms with Crippen LogP contribution in [0.4, 0.5) is 0 Å². The Hall–Kier alpha value is -0.980. The van der Waals surface area contributed by atoms with Crippen LogP contribution in [0.3, 0.4) is 0 Å². The van der Waals surface area contributed by atoms with Crippen LogP contribution in [-0.4, -0.2) is 6.61 Å². The molecule has 0 radical (unpaired) electrons. The summed E-state index contributed by atoms with van der Waals surface area (Å²) in [6, 6.07) is 4.56. The van der Waals surface area contributed by atoms with Crippen LogP contribution in [0, 0.1) is 0 Å². The number of hydrogen-bond donors (Lipinski definition) is 0. The summed E-state index contributed by atoms with van der Waals surface area (Å²) in [5.74, 6) is 1.02. The Morgan fingerprint density at radius 3 is 1.52 bits per heavy atom. The van der Waals surface area contributed by atoms with Crippen molar-refractivity contribution >= 4 is 0 Å². The molecule has 0 N–H and O–H groups in total. The first-order chi connectivity index (χ1) is 13.1. The van der Waals surface area contributed by atoms with Gasteiger partial charge in [-0.25, -0.2) is 0 Å². The third kappa shape index (κ3) is 9.17. The van der Waals surface area contributed by atoms with Gasteiger partial charge in [-0.3, -0.25) is 0 Å². The Balaban J connectivity index is 2.53. The molecule has 0 bridgehead atoms. The molecule has 0 fully saturated rings. The zero-order chi connectivity index (χ0) is 21.2. The van der Waals surface area contributed by atoms with Crippen molar-refractivity contribution in [3.63, 3.8) is 0 Å². The summed E-state index contributed by atoms with van der Waals surface area (Å²) < 4.78 is 14.6. The van der Waals surface area contributed by atoms with Crippen molar-refractivity contribution in [1.82, 2.24) is 0 Å². The average Bonchev–Trinajstić information content (AvgIpc) is 2.58. The number of unbranched alkanes of at least 4 members (excludes halogenated alkanes) is 9. The Kier molecular flexibility index (Phi) is 9.73. The SMILES string of the molecule is [3H]c1cc(C(C)(C)C)c(OCCCCCCCCCCCC)c(C(C)(C)C)c1. The Labute approximate surface area is 171 Å².